The van der Waals surface area contributed by atoms with E-state index in [4.69, 9.17) is 0 Å². The molecule has 94 valence electrons. The first-order valence-electron chi connectivity index (χ1n) is 6.31. The van der Waals surface area contributed by atoms with Crippen molar-refractivity contribution in [3.05, 3.63) is 78.8 Å². The summed E-state index contributed by atoms with van der Waals surface area (Å²) in [6.07, 6.45) is 1.99. The number of hydrogen-bond donors (Lipinski definition) is 1. The van der Waals surface area contributed by atoms with E-state index in [1.54, 1.807) is 0 Å². The van der Waals surface area contributed by atoms with E-state index in [0.717, 1.165) is 11.5 Å². The van der Waals surface area contributed by atoms with Crippen molar-refractivity contribution in [1.29, 1.82) is 0 Å². The van der Waals surface area contributed by atoms with Crippen molar-refractivity contribution >= 4 is 5.70 Å². The molecular formula is C17H16N2. The van der Waals surface area contributed by atoms with Gasteiger partial charge >= 0.3 is 0 Å². The first-order chi connectivity index (χ1) is 9.25. The number of nitrogens with zero attached hydrogens (tertiary/aromatic N) is 1. The Morgan fingerprint density at radius 2 is 1.42 bits per heavy atom. The Balaban J connectivity index is 1.90. The largest absolute Gasteiger partial charge is 0.346 e. The maximum absolute atomic E-state index is 3.94. The molecule has 1 aliphatic heterocycles. The molecule has 0 atom stereocenters. The van der Waals surface area contributed by atoms with Crippen molar-refractivity contribution < 1.29 is 0 Å². The van der Waals surface area contributed by atoms with Crippen molar-refractivity contribution in [2.45, 2.75) is 0 Å². The molecule has 2 heteroatoms. The van der Waals surface area contributed by atoms with E-state index in [-0.39, 0.29) is 0 Å². The Hall–Kier alpha value is -2.48. The highest BCUT2D eigenvalue weighted by molar-refractivity contribution is 5.71. The summed E-state index contributed by atoms with van der Waals surface area (Å²) in [4.78, 5) is 2.05. The van der Waals surface area contributed by atoms with Gasteiger partial charge in [0, 0.05) is 13.2 Å². The quantitative estimate of drug-likeness (QED) is 0.872. The van der Waals surface area contributed by atoms with Crippen LogP contribution in [-0.4, -0.2) is 11.9 Å². The monoisotopic (exact) mass is 248 g/mol. The van der Waals surface area contributed by atoms with Crippen molar-refractivity contribution in [2.24, 2.45) is 0 Å². The molecule has 3 rings (SSSR count). The SMILES string of the molecule is C=C1NC=C(c2ccc(-c3ccccc3)cc2)N1C. The maximum atomic E-state index is 3.94. The van der Waals surface area contributed by atoms with Crippen LogP contribution >= 0.6 is 0 Å². The van der Waals surface area contributed by atoms with Gasteiger partial charge in [-0.2, -0.15) is 0 Å². The molecule has 19 heavy (non-hydrogen) atoms. The average Bonchev–Trinajstić information content (AvgIpc) is 2.80. The second-order valence-electron chi connectivity index (χ2n) is 4.62. The van der Waals surface area contributed by atoms with Gasteiger partial charge in [0.15, 0.2) is 0 Å². The Morgan fingerprint density at radius 1 is 0.842 bits per heavy atom. The van der Waals surface area contributed by atoms with Crippen LogP contribution < -0.4 is 5.32 Å². The predicted octanol–water partition coefficient (Wildman–Crippen LogP) is 3.66. The highest BCUT2D eigenvalue weighted by Gasteiger charge is 2.15. The number of benzene rings is 2. The zero-order valence-corrected chi connectivity index (χ0v) is 10.9. The molecule has 1 aliphatic rings. The summed E-state index contributed by atoms with van der Waals surface area (Å²) < 4.78 is 0. The lowest BCUT2D eigenvalue weighted by Crippen LogP contribution is -2.14. The van der Waals surface area contributed by atoms with E-state index in [2.05, 4.69) is 65.3 Å². The van der Waals surface area contributed by atoms with Gasteiger partial charge in [0.25, 0.3) is 0 Å². The van der Waals surface area contributed by atoms with E-state index in [1.165, 1.54) is 16.7 Å². The molecule has 2 aromatic rings. The molecular weight excluding hydrogens is 232 g/mol. The smallest absolute Gasteiger partial charge is 0.102 e. The lowest BCUT2D eigenvalue weighted by Gasteiger charge is -2.16. The summed E-state index contributed by atoms with van der Waals surface area (Å²) in [7, 11) is 2.01. The molecule has 0 aromatic heterocycles. The molecule has 0 saturated carbocycles. The summed E-state index contributed by atoms with van der Waals surface area (Å²) in [5, 5.41) is 3.13. The van der Waals surface area contributed by atoms with Gasteiger partial charge < -0.3 is 10.2 Å². The van der Waals surface area contributed by atoms with Gasteiger partial charge in [0.2, 0.25) is 0 Å². The fourth-order valence-corrected chi connectivity index (χ4v) is 2.23. The van der Waals surface area contributed by atoms with Crippen LogP contribution in [0.1, 0.15) is 5.56 Å². The van der Waals surface area contributed by atoms with Crippen LogP contribution in [0.5, 0.6) is 0 Å². The van der Waals surface area contributed by atoms with Crippen LogP contribution in [-0.2, 0) is 0 Å². The molecule has 0 radical (unpaired) electrons. The van der Waals surface area contributed by atoms with Crippen LogP contribution in [0.3, 0.4) is 0 Å². The van der Waals surface area contributed by atoms with Gasteiger partial charge in [-0.1, -0.05) is 61.2 Å². The van der Waals surface area contributed by atoms with Gasteiger partial charge in [-0.15, -0.1) is 0 Å². The second-order valence-corrected chi connectivity index (χ2v) is 4.62. The van der Waals surface area contributed by atoms with Crippen LogP contribution in [0.25, 0.3) is 16.8 Å². The fraction of sp³-hybridized carbons (Fsp3) is 0.0588. The van der Waals surface area contributed by atoms with Gasteiger partial charge in [-0.05, 0) is 16.7 Å². The van der Waals surface area contributed by atoms with Crippen molar-refractivity contribution in [2.75, 3.05) is 7.05 Å². The summed E-state index contributed by atoms with van der Waals surface area (Å²) in [5.74, 6) is 0.905. The number of hydrogen-bond acceptors (Lipinski definition) is 2. The van der Waals surface area contributed by atoms with Crippen LogP contribution in [0.15, 0.2) is 73.2 Å². The van der Waals surface area contributed by atoms with E-state index < -0.39 is 0 Å². The van der Waals surface area contributed by atoms with Crippen LogP contribution in [0.4, 0.5) is 0 Å². The van der Waals surface area contributed by atoms with E-state index in [9.17, 15) is 0 Å². The first-order valence-corrected chi connectivity index (χ1v) is 6.31. The van der Waals surface area contributed by atoms with Crippen LogP contribution in [0, 0.1) is 0 Å². The molecule has 2 aromatic carbocycles. The van der Waals surface area contributed by atoms with Gasteiger partial charge in [0.1, 0.15) is 5.82 Å². The van der Waals surface area contributed by atoms with Gasteiger partial charge in [-0.3, -0.25) is 0 Å². The second kappa shape index (κ2) is 4.65. The lowest BCUT2D eigenvalue weighted by atomic mass is 10.0. The summed E-state index contributed by atoms with van der Waals surface area (Å²) in [6, 6.07) is 19.0. The molecule has 0 fully saturated rings. The standard InChI is InChI=1S/C17H16N2/c1-13-18-12-17(19(13)2)16-10-8-15(9-11-16)14-6-4-3-5-7-14/h3-12,18H,1H2,2H3. The molecule has 1 heterocycles. The Labute approximate surface area is 113 Å². The summed E-state index contributed by atoms with van der Waals surface area (Å²) in [6.45, 7) is 3.94. The Bertz CT molecular complexity index is 624. The highest BCUT2D eigenvalue weighted by atomic mass is 15.3. The minimum absolute atomic E-state index is 0.905. The zero-order valence-electron chi connectivity index (χ0n) is 10.9. The number of nitrogens with one attached hydrogen (secondary N) is 1. The molecule has 0 spiro atoms. The van der Waals surface area contributed by atoms with Crippen molar-refractivity contribution in [3.63, 3.8) is 0 Å². The molecule has 0 unspecified atom stereocenters. The Kier molecular flexibility index (Phi) is 2.84. The van der Waals surface area contributed by atoms with Gasteiger partial charge in [-0.25, -0.2) is 0 Å². The van der Waals surface area contributed by atoms with E-state index in [1.807, 2.05) is 19.3 Å². The van der Waals surface area contributed by atoms with E-state index >= 15 is 0 Å². The molecule has 1 N–H and O–H groups in total. The zero-order chi connectivity index (χ0) is 13.2. The molecule has 0 saturated heterocycles. The fourth-order valence-electron chi connectivity index (χ4n) is 2.23. The minimum atomic E-state index is 0.905. The predicted molar refractivity (Wildman–Crippen MR) is 79.9 cm³/mol. The van der Waals surface area contributed by atoms with E-state index in [0.29, 0.717) is 0 Å². The summed E-state index contributed by atoms with van der Waals surface area (Å²) in [5.41, 5.74) is 4.81. The van der Waals surface area contributed by atoms with Gasteiger partial charge in [0.05, 0.1) is 5.70 Å². The number of rotatable bonds is 2. The third-order valence-corrected chi connectivity index (χ3v) is 3.43. The Morgan fingerprint density at radius 3 is 2.00 bits per heavy atom. The molecule has 0 bridgehead atoms. The van der Waals surface area contributed by atoms with Crippen molar-refractivity contribution in [3.8, 4) is 11.1 Å². The normalized spacial score (nSPS) is 14.3. The lowest BCUT2D eigenvalue weighted by molar-refractivity contribution is 0.596. The molecule has 0 aliphatic carbocycles. The highest BCUT2D eigenvalue weighted by Crippen LogP contribution is 2.26. The van der Waals surface area contributed by atoms with Crippen LogP contribution in [0.2, 0.25) is 0 Å². The third kappa shape index (κ3) is 2.13. The third-order valence-electron chi connectivity index (χ3n) is 3.43. The summed E-state index contributed by atoms with van der Waals surface area (Å²) >= 11 is 0. The van der Waals surface area contributed by atoms with Crippen molar-refractivity contribution in [1.82, 2.24) is 10.2 Å². The molecule has 0 amide bonds. The average molecular weight is 248 g/mol. The topological polar surface area (TPSA) is 15.3 Å². The first kappa shape index (κ1) is 11.6. The minimum Gasteiger partial charge on any atom is -0.346 e. The maximum Gasteiger partial charge on any atom is 0.102 e. The molecule has 2 nitrogen and oxygen atoms in total.